The lowest BCUT2D eigenvalue weighted by molar-refractivity contribution is 0.0599. The van der Waals surface area contributed by atoms with E-state index in [-0.39, 0.29) is 11.9 Å². The van der Waals surface area contributed by atoms with Gasteiger partial charge in [-0.05, 0) is 42.9 Å². The fourth-order valence-electron chi connectivity index (χ4n) is 2.90. The number of nitrogens with one attached hydrogen (secondary N) is 1. The van der Waals surface area contributed by atoms with Gasteiger partial charge in [0.15, 0.2) is 11.5 Å². The second kappa shape index (κ2) is 8.59. The molecule has 1 saturated heterocycles. The summed E-state index contributed by atoms with van der Waals surface area (Å²) in [5.41, 5.74) is 1.57. The van der Waals surface area contributed by atoms with Crippen LogP contribution in [-0.4, -0.2) is 71.7 Å². The van der Waals surface area contributed by atoms with Crippen LogP contribution in [-0.2, 0) is 4.74 Å². The monoisotopic (exact) mass is 369 g/mol. The number of nitrogens with zero attached hydrogens (tertiary/aromatic N) is 4. The Labute approximate surface area is 158 Å². The van der Waals surface area contributed by atoms with Crippen molar-refractivity contribution in [1.29, 1.82) is 0 Å². The molecule has 0 saturated carbocycles. The van der Waals surface area contributed by atoms with E-state index in [0.717, 1.165) is 25.3 Å². The van der Waals surface area contributed by atoms with Crippen LogP contribution in [0.3, 0.4) is 0 Å². The number of benzene rings is 1. The Hall–Kier alpha value is -3.00. The van der Waals surface area contributed by atoms with Gasteiger partial charge in [-0.3, -0.25) is 4.79 Å². The van der Waals surface area contributed by atoms with Crippen molar-refractivity contribution in [2.45, 2.75) is 6.92 Å². The van der Waals surface area contributed by atoms with E-state index < -0.39 is 0 Å². The van der Waals surface area contributed by atoms with Gasteiger partial charge in [0, 0.05) is 31.9 Å². The summed E-state index contributed by atoms with van der Waals surface area (Å²) in [7, 11) is 1.34. The number of carbonyl (C=O) groups excluding carboxylic acids is 2. The molecular weight excluding hydrogens is 346 g/mol. The summed E-state index contributed by atoms with van der Waals surface area (Å²) in [5.74, 6) is 0.0457. The van der Waals surface area contributed by atoms with Crippen LogP contribution in [0.5, 0.6) is 0 Å². The number of likely N-dealkylation sites (N-methyl/N-ethyl adjacent to an activating group) is 1. The summed E-state index contributed by atoms with van der Waals surface area (Å²) in [4.78, 5) is 28.1. The Bertz CT molecular complexity index is 784. The predicted octanol–water partition coefficient (Wildman–Crippen LogP) is 1.78. The molecule has 0 radical (unpaired) electrons. The number of amides is 1. The molecule has 142 valence electrons. The SMILES string of the molecule is CCN1CCN(C(=O)c2ccc(Nc3ccc(C(=O)OC)cc3)nn2)CC1. The number of hydrogen-bond donors (Lipinski definition) is 1. The minimum atomic E-state index is -0.385. The fraction of sp³-hybridized carbons (Fsp3) is 0.368. The molecule has 0 atom stereocenters. The van der Waals surface area contributed by atoms with Crippen LogP contribution >= 0.6 is 0 Å². The van der Waals surface area contributed by atoms with Crippen LogP contribution in [0.4, 0.5) is 11.5 Å². The number of ether oxygens (including phenoxy) is 1. The van der Waals surface area contributed by atoms with Gasteiger partial charge in [-0.25, -0.2) is 4.79 Å². The van der Waals surface area contributed by atoms with Gasteiger partial charge >= 0.3 is 5.97 Å². The van der Waals surface area contributed by atoms with Crippen molar-refractivity contribution in [2.75, 3.05) is 45.2 Å². The highest BCUT2D eigenvalue weighted by molar-refractivity contribution is 5.92. The lowest BCUT2D eigenvalue weighted by atomic mass is 10.2. The van der Waals surface area contributed by atoms with Crippen LogP contribution in [0, 0.1) is 0 Å². The highest BCUT2D eigenvalue weighted by atomic mass is 16.5. The van der Waals surface area contributed by atoms with E-state index in [1.807, 2.05) is 4.90 Å². The average molecular weight is 369 g/mol. The molecule has 1 aromatic carbocycles. The van der Waals surface area contributed by atoms with Crippen molar-refractivity contribution in [3.8, 4) is 0 Å². The van der Waals surface area contributed by atoms with Gasteiger partial charge in [0.25, 0.3) is 5.91 Å². The summed E-state index contributed by atoms with van der Waals surface area (Å²) >= 11 is 0. The van der Waals surface area contributed by atoms with Crippen LogP contribution in [0.15, 0.2) is 36.4 Å². The number of carbonyl (C=O) groups is 2. The van der Waals surface area contributed by atoms with Crippen LogP contribution in [0.2, 0.25) is 0 Å². The minimum absolute atomic E-state index is 0.0905. The molecule has 0 unspecified atom stereocenters. The Morgan fingerprint density at radius 1 is 1.04 bits per heavy atom. The minimum Gasteiger partial charge on any atom is -0.465 e. The number of piperazine rings is 1. The standard InChI is InChI=1S/C19H23N5O3/c1-3-23-10-12-24(13-11-23)18(25)16-8-9-17(22-21-16)20-15-6-4-14(5-7-15)19(26)27-2/h4-9H,3,10-13H2,1-2H3,(H,20,22). The van der Waals surface area contributed by atoms with Crippen molar-refractivity contribution in [1.82, 2.24) is 20.0 Å². The Balaban J connectivity index is 1.60. The molecule has 1 aliphatic heterocycles. The van der Waals surface area contributed by atoms with Crippen molar-refractivity contribution in [3.63, 3.8) is 0 Å². The van der Waals surface area contributed by atoms with Crippen molar-refractivity contribution >= 4 is 23.4 Å². The molecule has 3 rings (SSSR count). The third-order valence-electron chi connectivity index (χ3n) is 4.57. The highest BCUT2D eigenvalue weighted by Gasteiger charge is 2.22. The molecule has 1 aromatic heterocycles. The van der Waals surface area contributed by atoms with E-state index in [1.165, 1.54) is 7.11 Å². The zero-order chi connectivity index (χ0) is 19.2. The van der Waals surface area contributed by atoms with Gasteiger partial charge < -0.3 is 19.9 Å². The Morgan fingerprint density at radius 3 is 2.30 bits per heavy atom. The van der Waals surface area contributed by atoms with Crippen LogP contribution in [0.1, 0.15) is 27.8 Å². The number of methoxy groups -OCH3 is 1. The first kappa shape index (κ1) is 18.8. The normalized spacial score (nSPS) is 14.7. The maximum atomic E-state index is 12.5. The van der Waals surface area contributed by atoms with E-state index in [2.05, 4.69) is 32.1 Å². The number of anilines is 2. The van der Waals surface area contributed by atoms with E-state index in [1.54, 1.807) is 36.4 Å². The van der Waals surface area contributed by atoms with E-state index >= 15 is 0 Å². The molecule has 8 heteroatoms. The molecule has 2 heterocycles. The molecule has 0 bridgehead atoms. The third-order valence-corrected chi connectivity index (χ3v) is 4.57. The van der Waals surface area contributed by atoms with E-state index in [0.29, 0.717) is 30.2 Å². The van der Waals surface area contributed by atoms with Crippen molar-refractivity contribution in [2.24, 2.45) is 0 Å². The van der Waals surface area contributed by atoms with Gasteiger partial charge in [0.05, 0.1) is 12.7 Å². The first-order valence-electron chi connectivity index (χ1n) is 8.91. The largest absolute Gasteiger partial charge is 0.465 e. The van der Waals surface area contributed by atoms with Gasteiger partial charge in [0.2, 0.25) is 0 Å². The number of rotatable bonds is 5. The van der Waals surface area contributed by atoms with Crippen molar-refractivity contribution in [3.05, 3.63) is 47.7 Å². The van der Waals surface area contributed by atoms with Gasteiger partial charge in [-0.1, -0.05) is 6.92 Å². The van der Waals surface area contributed by atoms with Crippen LogP contribution < -0.4 is 5.32 Å². The molecule has 0 spiro atoms. The highest BCUT2D eigenvalue weighted by Crippen LogP contribution is 2.16. The first-order chi connectivity index (χ1) is 13.1. The summed E-state index contributed by atoms with van der Waals surface area (Å²) in [6.07, 6.45) is 0. The molecule has 2 aromatic rings. The van der Waals surface area contributed by atoms with Gasteiger partial charge in [-0.15, -0.1) is 10.2 Å². The maximum absolute atomic E-state index is 12.5. The fourth-order valence-corrected chi connectivity index (χ4v) is 2.90. The second-order valence-electron chi connectivity index (χ2n) is 6.22. The quantitative estimate of drug-likeness (QED) is 0.804. The van der Waals surface area contributed by atoms with E-state index in [9.17, 15) is 9.59 Å². The summed E-state index contributed by atoms with van der Waals surface area (Å²) < 4.78 is 4.67. The van der Waals surface area contributed by atoms with E-state index in [4.69, 9.17) is 0 Å². The molecule has 0 aliphatic carbocycles. The topological polar surface area (TPSA) is 87.7 Å². The van der Waals surface area contributed by atoms with Crippen LogP contribution in [0.25, 0.3) is 0 Å². The maximum Gasteiger partial charge on any atom is 0.337 e. The number of aromatic nitrogens is 2. The molecule has 1 fully saturated rings. The Morgan fingerprint density at radius 2 is 1.74 bits per heavy atom. The lowest BCUT2D eigenvalue weighted by Gasteiger charge is -2.33. The van der Waals surface area contributed by atoms with Crippen molar-refractivity contribution < 1.29 is 14.3 Å². The van der Waals surface area contributed by atoms with Gasteiger partial charge in [-0.2, -0.15) is 0 Å². The second-order valence-corrected chi connectivity index (χ2v) is 6.22. The zero-order valence-electron chi connectivity index (χ0n) is 15.5. The summed E-state index contributed by atoms with van der Waals surface area (Å²) in [5, 5.41) is 11.2. The Kier molecular flexibility index (Phi) is 5.97. The molecule has 8 nitrogen and oxygen atoms in total. The predicted molar refractivity (Wildman–Crippen MR) is 101 cm³/mol. The number of esters is 1. The number of hydrogen-bond acceptors (Lipinski definition) is 7. The molecule has 1 N–H and O–H groups in total. The lowest BCUT2D eigenvalue weighted by Crippen LogP contribution is -2.48. The molecule has 27 heavy (non-hydrogen) atoms. The zero-order valence-corrected chi connectivity index (χ0v) is 15.5. The smallest absolute Gasteiger partial charge is 0.337 e. The molecule has 1 aliphatic rings. The summed E-state index contributed by atoms with van der Waals surface area (Å²) in [6, 6.07) is 10.2. The average Bonchev–Trinajstić information content (AvgIpc) is 2.74. The molecule has 1 amide bonds. The third kappa shape index (κ3) is 4.59. The van der Waals surface area contributed by atoms with Gasteiger partial charge in [0.1, 0.15) is 0 Å². The molecular formula is C19H23N5O3. The summed E-state index contributed by atoms with van der Waals surface area (Å²) in [6.45, 7) is 6.32. The first-order valence-corrected chi connectivity index (χ1v) is 8.91.